The summed E-state index contributed by atoms with van der Waals surface area (Å²) in [6, 6.07) is 0. The van der Waals surface area contributed by atoms with E-state index in [4.69, 9.17) is 5.21 Å². The molecular formula is C11H18N2O. The Bertz CT molecular complexity index is 277. The lowest BCUT2D eigenvalue weighted by atomic mass is 9.88. The topological polar surface area (TPSA) is 35.8 Å². The predicted octanol–water partition coefficient (Wildman–Crippen LogP) is 2.37. The van der Waals surface area contributed by atoms with Gasteiger partial charge in [0, 0.05) is 13.1 Å². The molecule has 0 atom stereocenters. The van der Waals surface area contributed by atoms with E-state index >= 15 is 0 Å². The summed E-state index contributed by atoms with van der Waals surface area (Å²) in [5.74, 6) is 0. The zero-order valence-electron chi connectivity index (χ0n) is 8.79. The Hall–Kier alpha value is -0.990. The summed E-state index contributed by atoms with van der Waals surface area (Å²) in [6.45, 7) is 4.31. The molecule has 78 valence electrons. The van der Waals surface area contributed by atoms with Gasteiger partial charge in [-0.1, -0.05) is 5.16 Å². The zero-order valence-corrected chi connectivity index (χ0v) is 8.79. The van der Waals surface area contributed by atoms with E-state index in [1.165, 1.54) is 30.5 Å². The number of allylic oxidation sites excluding steroid dienone is 2. The van der Waals surface area contributed by atoms with Crippen LogP contribution >= 0.6 is 0 Å². The molecule has 0 spiro atoms. The van der Waals surface area contributed by atoms with Crippen LogP contribution in [0.3, 0.4) is 0 Å². The van der Waals surface area contributed by atoms with Gasteiger partial charge in [-0.15, -0.1) is 0 Å². The summed E-state index contributed by atoms with van der Waals surface area (Å²) in [6.07, 6.45) is 5.74. The highest BCUT2D eigenvalue weighted by Crippen LogP contribution is 2.32. The van der Waals surface area contributed by atoms with Crippen molar-refractivity contribution in [2.45, 2.75) is 39.0 Å². The zero-order chi connectivity index (χ0) is 9.97. The second-order valence-electron chi connectivity index (χ2n) is 4.04. The van der Waals surface area contributed by atoms with Crippen molar-refractivity contribution in [2.24, 2.45) is 5.16 Å². The summed E-state index contributed by atoms with van der Waals surface area (Å²) >= 11 is 0. The molecule has 3 heteroatoms. The molecule has 0 fully saturated rings. The van der Waals surface area contributed by atoms with Crippen LogP contribution in [-0.4, -0.2) is 28.9 Å². The molecule has 2 rings (SSSR count). The van der Waals surface area contributed by atoms with Crippen LogP contribution in [0.25, 0.3) is 0 Å². The SMILES string of the molecule is CCN1CCCC2=C1C(=NO)CCC2. The Morgan fingerprint density at radius 3 is 2.79 bits per heavy atom. The van der Waals surface area contributed by atoms with Crippen molar-refractivity contribution < 1.29 is 5.21 Å². The Kier molecular flexibility index (Phi) is 2.75. The third-order valence-corrected chi connectivity index (χ3v) is 3.23. The standard InChI is InChI=1S/C11H18N2O/c1-2-13-8-4-6-9-5-3-7-10(12-14)11(9)13/h14H,2-8H2,1H3. The molecule has 1 aliphatic heterocycles. The lowest BCUT2D eigenvalue weighted by Gasteiger charge is -2.35. The van der Waals surface area contributed by atoms with Crippen molar-refractivity contribution in [2.75, 3.05) is 13.1 Å². The van der Waals surface area contributed by atoms with Crippen molar-refractivity contribution in [1.82, 2.24) is 4.90 Å². The maximum atomic E-state index is 8.97. The molecule has 0 aromatic carbocycles. The van der Waals surface area contributed by atoms with Crippen LogP contribution in [0.4, 0.5) is 0 Å². The second kappa shape index (κ2) is 4.03. The maximum Gasteiger partial charge on any atom is 0.103 e. The van der Waals surface area contributed by atoms with Gasteiger partial charge in [-0.3, -0.25) is 0 Å². The largest absolute Gasteiger partial charge is 0.411 e. The summed E-state index contributed by atoms with van der Waals surface area (Å²) in [5.41, 5.74) is 3.68. The first kappa shape index (κ1) is 9.56. The highest BCUT2D eigenvalue weighted by molar-refractivity contribution is 6.00. The first-order chi connectivity index (χ1) is 6.86. The van der Waals surface area contributed by atoms with Crippen molar-refractivity contribution in [3.8, 4) is 0 Å². The highest BCUT2D eigenvalue weighted by atomic mass is 16.4. The molecular weight excluding hydrogens is 176 g/mol. The molecule has 3 nitrogen and oxygen atoms in total. The third kappa shape index (κ3) is 1.51. The van der Waals surface area contributed by atoms with Gasteiger partial charge in [0.1, 0.15) is 5.71 Å². The minimum atomic E-state index is 0.910. The molecule has 0 radical (unpaired) electrons. The van der Waals surface area contributed by atoms with Crippen LogP contribution in [0.5, 0.6) is 0 Å². The van der Waals surface area contributed by atoms with Crippen LogP contribution in [0.15, 0.2) is 16.4 Å². The molecule has 0 aromatic rings. The molecule has 1 N–H and O–H groups in total. The smallest absolute Gasteiger partial charge is 0.103 e. The van der Waals surface area contributed by atoms with Gasteiger partial charge in [-0.2, -0.15) is 0 Å². The molecule has 1 aliphatic carbocycles. The van der Waals surface area contributed by atoms with E-state index in [0.29, 0.717) is 0 Å². The van der Waals surface area contributed by atoms with E-state index in [1.807, 2.05) is 0 Å². The first-order valence-corrected chi connectivity index (χ1v) is 5.55. The van der Waals surface area contributed by atoms with E-state index in [9.17, 15) is 0 Å². The fourth-order valence-corrected chi connectivity index (χ4v) is 2.57. The predicted molar refractivity (Wildman–Crippen MR) is 56.6 cm³/mol. The molecule has 1 heterocycles. The van der Waals surface area contributed by atoms with Crippen molar-refractivity contribution in [3.63, 3.8) is 0 Å². The van der Waals surface area contributed by atoms with Crippen LogP contribution < -0.4 is 0 Å². The summed E-state index contributed by atoms with van der Waals surface area (Å²) in [5, 5.41) is 12.4. The molecule has 0 saturated carbocycles. The number of hydrogen-bond acceptors (Lipinski definition) is 3. The van der Waals surface area contributed by atoms with E-state index in [2.05, 4.69) is 17.0 Å². The minimum absolute atomic E-state index is 0.910. The van der Waals surface area contributed by atoms with Gasteiger partial charge in [-0.05, 0) is 44.6 Å². The Labute approximate surface area is 85.1 Å². The summed E-state index contributed by atoms with van der Waals surface area (Å²) in [4.78, 5) is 2.35. The average molecular weight is 194 g/mol. The monoisotopic (exact) mass is 194 g/mol. The molecule has 14 heavy (non-hydrogen) atoms. The van der Waals surface area contributed by atoms with Gasteiger partial charge in [0.15, 0.2) is 0 Å². The maximum absolute atomic E-state index is 8.97. The van der Waals surface area contributed by atoms with Gasteiger partial charge in [0.05, 0.1) is 5.70 Å². The van der Waals surface area contributed by atoms with E-state index in [1.54, 1.807) is 0 Å². The molecule has 0 unspecified atom stereocenters. The average Bonchev–Trinajstić information content (AvgIpc) is 2.27. The number of rotatable bonds is 1. The van der Waals surface area contributed by atoms with Crippen molar-refractivity contribution >= 4 is 5.71 Å². The van der Waals surface area contributed by atoms with Crippen LogP contribution in [0.2, 0.25) is 0 Å². The van der Waals surface area contributed by atoms with Gasteiger partial charge in [0.25, 0.3) is 0 Å². The van der Waals surface area contributed by atoms with E-state index < -0.39 is 0 Å². The minimum Gasteiger partial charge on any atom is -0.411 e. The van der Waals surface area contributed by atoms with Crippen molar-refractivity contribution in [3.05, 3.63) is 11.3 Å². The van der Waals surface area contributed by atoms with Crippen LogP contribution in [-0.2, 0) is 0 Å². The lowest BCUT2D eigenvalue weighted by Crippen LogP contribution is -2.34. The molecule has 0 amide bonds. The number of oxime groups is 1. The van der Waals surface area contributed by atoms with E-state index in [-0.39, 0.29) is 0 Å². The Morgan fingerprint density at radius 1 is 1.29 bits per heavy atom. The summed E-state index contributed by atoms with van der Waals surface area (Å²) < 4.78 is 0. The van der Waals surface area contributed by atoms with Gasteiger partial charge in [-0.25, -0.2) is 0 Å². The third-order valence-electron chi connectivity index (χ3n) is 3.23. The summed E-state index contributed by atoms with van der Waals surface area (Å²) in [7, 11) is 0. The molecule has 0 saturated heterocycles. The highest BCUT2D eigenvalue weighted by Gasteiger charge is 2.26. The van der Waals surface area contributed by atoms with Crippen LogP contribution in [0, 0.1) is 0 Å². The fourth-order valence-electron chi connectivity index (χ4n) is 2.57. The molecule has 0 aromatic heterocycles. The lowest BCUT2D eigenvalue weighted by molar-refractivity contribution is 0.304. The quantitative estimate of drug-likeness (QED) is 0.514. The van der Waals surface area contributed by atoms with Crippen molar-refractivity contribution in [1.29, 1.82) is 0 Å². The van der Waals surface area contributed by atoms with Gasteiger partial charge in [0.2, 0.25) is 0 Å². The Morgan fingerprint density at radius 2 is 2.07 bits per heavy atom. The van der Waals surface area contributed by atoms with Crippen LogP contribution in [0.1, 0.15) is 39.0 Å². The van der Waals surface area contributed by atoms with Gasteiger partial charge >= 0.3 is 0 Å². The fraction of sp³-hybridized carbons (Fsp3) is 0.727. The van der Waals surface area contributed by atoms with E-state index in [0.717, 1.165) is 31.6 Å². The van der Waals surface area contributed by atoms with Gasteiger partial charge < -0.3 is 10.1 Å². The molecule has 2 aliphatic rings. The molecule has 0 bridgehead atoms. The number of nitrogens with zero attached hydrogens (tertiary/aromatic N) is 2. The second-order valence-corrected chi connectivity index (χ2v) is 4.04. The number of hydrogen-bond donors (Lipinski definition) is 1. The Balaban J connectivity index is 2.34. The first-order valence-electron chi connectivity index (χ1n) is 5.55. The normalized spacial score (nSPS) is 25.5.